The molecular formula is C22H28N2O5S. The highest BCUT2D eigenvalue weighted by molar-refractivity contribution is 7.89. The van der Waals surface area contributed by atoms with Crippen LogP contribution in [0, 0.1) is 13.8 Å². The van der Waals surface area contributed by atoms with Gasteiger partial charge in [0.2, 0.25) is 10.0 Å². The molecule has 0 aliphatic carbocycles. The number of carbonyl (C=O) groups is 1. The zero-order chi connectivity index (χ0) is 21.9. The van der Waals surface area contributed by atoms with E-state index in [2.05, 4.69) is 5.32 Å². The first-order valence-electron chi connectivity index (χ1n) is 9.86. The lowest BCUT2D eigenvalue weighted by Crippen LogP contribution is -2.46. The quantitative estimate of drug-likeness (QED) is 0.759. The molecule has 0 atom stereocenters. The number of nitrogens with zero attached hydrogens (tertiary/aromatic N) is 1. The largest absolute Gasteiger partial charge is 0.497 e. The van der Waals surface area contributed by atoms with Crippen LogP contribution >= 0.6 is 0 Å². The van der Waals surface area contributed by atoms with E-state index in [1.165, 1.54) is 18.5 Å². The van der Waals surface area contributed by atoms with Crippen LogP contribution in [0.25, 0.3) is 0 Å². The molecule has 0 bridgehead atoms. The van der Waals surface area contributed by atoms with E-state index in [0.29, 0.717) is 47.9 Å². The van der Waals surface area contributed by atoms with Gasteiger partial charge in [0.05, 0.1) is 19.1 Å². The van der Waals surface area contributed by atoms with Crippen molar-refractivity contribution in [2.24, 2.45) is 0 Å². The predicted molar refractivity (Wildman–Crippen MR) is 115 cm³/mol. The maximum Gasteiger partial charge on any atom is 0.251 e. The molecule has 2 aromatic carbocycles. The average molecular weight is 433 g/mol. The number of carbonyl (C=O) groups excluding carboxylic acids is 1. The van der Waals surface area contributed by atoms with Gasteiger partial charge < -0.3 is 14.8 Å². The molecule has 0 saturated carbocycles. The molecule has 1 N–H and O–H groups in total. The second-order valence-corrected chi connectivity index (χ2v) is 9.43. The molecule has 0 spiro atoms. The third-order valence-electron chi connectivity index (χ3n) is 5.36. The summed E-state index contributed by atoms with van der Waals surface area (Å²) in [6.07, 6.45) is 1.11. The van der Waals surface area contributed by atoms with Gasteiger partial charge in [-0.2, -0.15) is 4.31 Å². The van der Waals surface area contributed by atoms with E-state index in [-0.39, 0.29) is 11.9 Å². The highest BCUT2D eigenvalue weighted by Crippen LogP contribution is 2.25. The molecule has 3 rings (SSSR count). The highest BCUT2D eigenvalue weighted by Gasteiger charge is 2.31. The van der Waals surface area contributed by atoms with E-state index >= 15 is 0 Å². The van der Waals surface area contributed by atoms with Gasteiger partial charge in [0.1, 0.15) is 11.5 Å². The van der Waals surface area contributed by atoms with Crippen molar-refractivity contribution >= 4 is 15.9 Å². The maximum atomic E-state index is 13.1. The molecule has 1 aliphatic heterocycles. The van der Waals surface area contributed by atoms with Crippen LogP contribution in [0.15, 0.2) is 41.3 Å². The average Bonchev–Trinajstić information content (AvgIpc) is 2.75. The Labute approximate surface area is 178 Å². The van der Waals surface area contributed by atoms with Crippen LogP contribution in [0.3, 0.4) is 0 Å². The van der Waals surface area contributed by atoms with Crippen molar-refractivity contribution in [3.05, 3.63) is 53.1 Å². The number of benzene rings is 2. The van der Waals surface area contributed by atoms with E-state index < -0.39 is 10.0 Å². The lowest BCUT2D eigenvalue weighted by Gasteiger charge is -2.32. The van der Waals surface area contributed by atoms with Gasteiger partial charge in [-0.1, -0.05) is 12.1 Å². The van der Waals surface area contributed by atoms with Gasteiger partial charge in [-0.3, -0.25) is 4.79 Å². The molecule has 7 nitrogen and oxygen atoms in total. The van der Waals surface area contributed by atoms with Crippen molar-refractivity contribution < 1.29 is 22.7 Å². The normalized spacial score (nSPS) is 15.6. The minimum absolute atomic E-state index is 0.0975. The van der Waals surface area contributed by atoms with Crippen LogP contribution < -0.4 is 14.8 Å². The number of hydrogen-bond donors (Lipinski definition) is 1. The fourth-order valence-corrected chi connectivity index (χ4v) is 5.35. The van der Waals surface area contributed by atoms with E-state index in [1.54, 1.807) is 24.3 Å². The van der Waals surface area contributed by atoms with Crippen molar-refractivity contribution in [2.75, 3.05) is 27.3 Å². The maximum absolute atomic E-state index is 13.1. The molecule has 1 saturated heterocycles. The monoisotopic (exact) mass is 432 g/mol. The number of nitrogens with one attached hydrogen (secondary N) is 1. The van der Waals surface area contributed by atoms with Crippen LogP contribution in [-0.2, 0) is 10.0 Å². The lowest BCUT2D eigenvalue weighted by atomic mass is 10.1. The number of ether oxygens (including phenoxy) is 2. The summed E-state index contributed by atoms with van der Waals surface area (Å²) in [7, 11) is -0.489. The Morgan fingerprint density at radius 1 is 1.00 bits per heavy atom. The van der Waals surface area contributed by atoms with Crippen LogP contribution in [0.5, 0.6) is 11.5 Å². The molecular weight excluding hydrogens is 404 g/mol. The Kier molecular flexibility index (Phi) is 6.67. The van der Waals surface area contributed by atoms with Crippen LogP contribution in [-0.4, -0.2) is 52.0 Å². The molecule has 0 unspecified atom stereocenters. The topological polar surface area (TPSA) is 84.9 Å². The van der Waals surface area contributed by atoms with Gasteiger partial charge in [0.25, 0.3) is 5.91 Å². The summed E-state index contributed by atoms with van der Waals surface area (Å²) in [4.78, 5) is 13.0. The zero-order valence-corrected chi connectivity index (χ0v) is 18.6. The number of sulfonamides is 1. The Balaban J connectivity index is 1.66. The molecule has 0 radical (unpaired) electrons. The SMILES string of the molecule is COc1cc(OC)cc(C(=O)NC2CCN(S(=O)(=O)c3cc(C)ccc3C)CC2)c1. The number of hydrogen-bond acceptors (Lipinski definition) is 5. The second kappa shape index (κ2) is 9.06. The standard InChI is InChI=1S/C22H28N2O5S/c1-15-5-6-16(2)21(11-15)30(26,27)24-9-7-18(8-10-24)23-22(25)17-12-19(28-3)14-20(13-17)29-4/h5-6,11-14,18H,7-10H2,1-4H3,(H,23,25). The first kappa shape index (κ1) is 22.1. The van der Waals surface area contributed by atoms with E-state index in [0.717, 1.165) is 11.1 Å². The first-order chi connectivity index (χ1) is 14.2. The third-order valence-corrected chi connectivity index (χ3v) is 7.40. The third kappa shape index (κ3) is 4.76. The van der Waals surface area contributed by atoms with Gasteiger partial charge in [0.15, 0.2) is 0 Å². The Morgan fingerprint density at radius 2 is 1.60 bits per heavy atom. The summed E-state index contributed by atoms with van der Waals surface area (Å²) in [6.45, 7) is 4.42. The summed E-state index contributed by atoms with van der Waals surface area (Å²) < 4.78 is 38.1. The lowest BCUT2D eigenvalue weighted by molar-refractivity contribution is 0.0923. The van der Waals surface area contributed by atoms with Crippen LogP contribution in [0.2, 0.25) is 0 Å². The number of amides is 1. The molecule has 162 valence electrons. The fourth-order valence-electron chi connectivity index (χ4n) is 3.57. The highest BCUT2D eigenvalue weighted by atomic mass is 32.2. The van der Waals surface area contributed by atoms with E-state index in [4.69, 9.17) is 9.47 Å². The Morgan fingerprint density at radius 3 is 2.17 bits per heavy atom. The van der Waals surface area contributed by atoms with Crippen molar-refractivity contribution in [1.82, 2.24) is 9.62 Å². The summed E-state index contributed by atoms with van der Waals surface area (Å²) in [6, 6.07) is 10.4. The number of piperidine rings is 1. The smallest absolute Gasteiger partial charge is 0.251 e. The van der Waals surface area contributed by atoms with Crippen molar-refractivity contribution in [2.45, 2.75) is 37.6 Å². The molecule has 8 heteroatoms. The minimum Gasteiger partial charge on any atom is -0.497 e. The molecule has 30 heavy (non-hydrogen) atoms. The molecule has 0 aromatic heterocycles. The van der Waals surface area contributed by atoms with Gasteiger partial charge in [-0.15, -0.1) is 0 Å². The fraction of sp³-hybridized carbons (Fsp3) is 0.409. The first-order valence-corrected chi connectivity index (χ1v) is 11.3. The number of aryl methyl sites for hydroxylation is 2. The minimum atomic E-state index is -3.55. The van der Waals surface area contributed by atoms with E-state index in [1.807, 2.05) is 26.0 Å². The Hall–Kier alpha value is -2.58. The molecule has 1 heterocycles. The zero-order valence-electron chi connectivity index (χ0n) is 17.8. The van der Waals surface area contributed by atoms with Crippen molar-refractivity contribution in [3.63, 3.8) is 0 Å². The van der Waals surface area contributed by atoms with Gasteiger partial charge in [-0.05, 0) is 56.0 Å². The molecule has 1 fully saturated rings. The second-order valence-electron chi connectivity index (χ2n) is 7.52. The summed E-state index contributed by atoms with van der Waals surface area (Å²) >= 11 is 0. The van der Waals surface area contributed by atoms with E-state index in [9.17, 15) is 13.2 Å². The molecule has 1 aliphatic rings. The summed E-state index contributed by atoms with van der Waals surface area (Å²) in [5, 5.41) is 3.00. The number of rotatable bonds is 6. The van der Waals surface area contributed by atoms with Gasteiger partial charge in [0, 0.05) is 30.8 Å². The molecule has 2 aromatic rings. The van der Waals surface area contributed by atoms with Gasteiger partial charge in [-0.25, -0.2) is 8.42 Å². The molecule has 1 amide bonds. The van der Waals surface area contributed by atoms with Crippen LogP contribution in [0.4, 0.5) is 0 Å². The predicted octanol–water partition coefficient (Wildman–Crippen LogP) is 2.90. The summed E-state index contributed by atoms with van der Waals surface area (Å²) in [5.41, 5.74) is 2.09. The Bertz CT molecular complexity index is 1010. The number of methoxy groups -OCH3 is 2. The van der Waals surface area contributed by atoms with Gasteiger partial charge >= 0.3 is 0 Å². The van der Waals surface area contributed by atoms with Crippen molar-refractivity contribution in [3.8, 4) is 11.5 Å². The van der Waals surface area contributed by atoms with Crippen LogP contribution in [0.1, 0.15) is 34.3 Å². The van der Waals surface area contributed by atoms with Crippen molar-refractivity contribution in [1.29, 1.82) is 0 Å². The summed E-state index contributed by atoms with van der Waals surface area (Å²) in [5.74, 6) is 0.839.